The summed E-state index contributed by atoms with van der Waals surface area (Å²) < 4.78 is 2.47. The van der Waals surface area contributed by atoms with Crippen LogP contribution in [0.15, 0.2) is 206 Å². The fourth-order valence-electron chi connectivity index (χ4n) is 7.97. The standard InChI is InChI=1S/C50H34N2/c1-3-14-35(15-4-1)37-26-30-41(31-27-37)51(42-32-28-36-16-7-8-19-40(36)34-42)46-24-11-12-25-47(46)52-45-23-10-9-21-44(45)50-48(52)33-29-39-20-13-22-43(49(39)50)38-17-5-2-6-18-38/h1-34H. The van der Waals surface area contributed by atoms with Crippen LogP contribution >= 0.6 is 0 Å². The summed E-state index contributed by atoms with van der Waals surface area (Å²) >= 11 is 0. The number of fused-ring (bicyclic) bond motifs is 6. The molecule has 10 rings (SSSR count). The Kier molecular flexibility index (Phi) is 7.18. The molecular weight excluding hydrogens is 629 g/mol. The molecule has 52 heavy (non-hydrogen) atoms. The third kappa shape index (κ3) is 4.96. The average Bonchev–Trinajstić information content (AvgIpc) is 3.56. The Hall–Kier alpha value is -6.90. The van der Waals surface area contributed by atoms with E-state index in [0.717, 1.165) is 22.7 Å². The summed E-state index contributed by atoms with van der Waals surface area (Å²) in [5.41, 5.74) is 11.7. The Balaban J connectivity index is 1.24. The highest BCUT2D eigenvalue weighted by molar-refractivity contribution is 6.25. The summed E-state index contributed by atoms with van der Waals surface area (Å²) in [5, 5.41) is 7.46. The van der Waals surface area contributed by atoms with E-state index >= 15 is 0 Å². The highest BCUT2D eigenvalue weighted by Crippen LogP contribution is 2.45. The Bertz CT molecular complexity index is 2890. The fraction of sp³-hybridized carbons (Fsp3) is 0. The van der Waals surface area contributed by atoms with Crippen LogP contribution in [-0.2, 0) is 0 Å². The molecular formula is C50H34N2. The van der Waals surface area contributed by atoms with Crippen molar-refractivity contribution in [3.8, 4) is 27.9 Å². The van der Waals surface area contributed by atoms with E-state index in [1.54, 1.807) is 0 Å². The molecule has 0 fully saturated rings. The van der Waals surface area contributed by atoms with Crippen LogP contribution in [0.5, 0.6) is 0 Å². The molecule has 0 saturated carbocycles. The van der Waals surface area contributed by atoms with Crippen LogP contribution < -0.4 is 4.90 Å². The second-order valence-corrected chi connectivity index (χ2v) is 13.4. The lowest BCUT2D eigenvalue weighted by molar-refractivity contribution is 1.15. The molecule has 0 aliphatic carbocycles. The predicted molar refractivity (Wildman–Crippen MR) is 221 cm³/mol. The van der Waals surface area contributed by atoms with E-state index < -0.39 is 0 Å². The third-order valence-corrected chi connectivity index (χ3v) is 10.4. The van der Waals surface area contributed by atoms with Crippen molar-refractivity contribution in [1.29, 1.82) is 0 Å². The molecule has 0 radical (unpaired) electrons. The van der Waals surface area contributed by atoms with Crippen molar-refractivity contribution in [3.63, 3.8) is 0 Å². The number of aromatic nitrogens is 1. The van der Waals surface area contributed by atoms with E-state index in [9.17, 15) is 0 Å². The Morgan fingerprint density at radius 3 is 1.79 bits per heavy atom. The topological polar surface area (TPSA) is 8.17 Å². The van der Waals surface area contributed by atoms with E-state index in [-0.39, 0.29) is 0 Å². The largest absolute Gasteiger partial charge is 0.308 e. The summed E-state index contributed by atoms with van der Waals surface area (Å²) in [6.45, 7) is 0. The van der Waals surface area contributed by atoms with Crippen LogP contribution in [0.4, 0.5) is 17.1 Å². The van der Waals surface area contributed by atoms with Gasteiger partial charge in [-0.1, -0.05) is 158 Å². The first-order valence-electron chi connectivity index (χ1n) is 17.9. The quantitative estimate of drug-likeness (QED) is 0.172. The van der Waals surface area contributed by atoms with Crippen LogP contribution in [0.2, 0.25) is 0 Å². The van der Waals surface area contributed by atoms with Crippen molar-refractivity contribution in [1.82, 2.24) is 4.57 Å². The average molecular weight is 663 g/mol. The van der Waals surface area contributed by atoms with Gasteiger partial charge in [0.1, 0.15) is 0 Å². The summed E-state index contributed by atoms with van der Waals surface area (Å²) in [6, 6.07) is 74.7. The van der Waals surface area contributed by atoms with Gasteiger partial charge in [-0.05, 0) is 92.3 Å². The molecule has 0 N–H and O–H groups in total. The molecule has 0 bridgehead atoms. The fourth-order valence-corrected chi connectivity index (χ4v) is 7.97. The van der Waals surface area contributed by atoms with Gasteiger partial charge in [0.15, 0.2) is 0 Å². The monoisotopic (exact) mass is 662 g/mol. The first-order chi connectivity index (χ1) is 25.8. The number of para-hydroxylation sites is 3. The highest BCUT2D eigenvalue weighted by atomic mass is 15.2. The van der Waals surface area contributed by atoms with E-state index in [1.165, 1.54) is 65.6 Å². The zero-order chi connectivity index (χ0) is 34.4. The summed E-state index contributed by atoms with van der Waals surface area (Å²) in [6.07, 6.45) is 0. The van der Waals surface area contributed by atoms with E-state index in [2.05, 4.69) is 216 Å². The highest BCUT2D eigenvalue weighted by Gasteiger charge is 2.22. The molecule has 0 amide bonds. The first-order valence-corrected chi connectivity index (χ1v) is 17.9. The SMILES string of the molecule is c1ccc(-c2ccc(N(c3ccc4ccccc4c3)c3ccccc3-n3c4ccccc4c4c5c(-c6ccccc6)cccc5ccc43)cc2)cc1. The predicted octanol–water partition coefficient (Wildman–Crippen LogP) is 13.9. The molecule has 0 aliphatic rings. The van der Waals surface area contributed by atoms with E-state index in [1.807, 2.05) is 0 Å². The number of anilines is 3. The van der Waals surface area contributed by atoms with Crippen LogP contribution in [0.1, 0.15) is 0 Å². The molecule has 0 spiro atoms. The number of rotatable bonds is 6. The molecule has 244 valence electrons. The molecule has 9 aromatic carbocycles. The minimum Gasteiger partial charge on any atom is -0.308 e. The van der Waals surface area contributed by atoms with Crippen LogP contribution in [0.25, 0.3) is 71.3 Å². The van der Waals surface area contributed by atoms with Crippen LogP contribution in [-0.4, -0.2) is 4.57 Å². The maximum atomic E-state index is 2.47. The second-order valence-electron chi connectivity index (χ2n) is 13.4. The van der Waals surface area contributed by atoms with E-state index in [4.69, 9.17) is 0 Å². The number of nitrogens with zero attached hydrogens (tertiary/aromatic N) is 2. The lowest BCUT2D eigenvalue weighted by atomic mass is 9.94. The van der Waals surface area contributed by atoms with Gasteiger partial charge in [0.2, 0.25) is 0 Å². The van der Waals surface area contributed by atoms with Crippen molar-refractivity contribution >= 4 is 60.4 Å². The molecule has 10 aromatic rings. The summed E-state index contributed by atoms with van der Waals surface area (Å²) in [4.78, 5) is 2.41. The van der Waals surface area contributed by atoms with E-state index in [0.29, 0.717) is 0 Å². The molecule has 2 nitrogen and oxygen atoms in total. The van der Waals surface area contributed by atoms with Gasteiger partial charge in [0.25, 0.3) is 0 Å². The zero-order valence-electron chi connectivity index (χ0n) is 28.5. The first kappa shape index (κ1) is 30.0. The molecule has 1 aromatic heterocycles. The Morgan fingerprint density at radius 1 is 0.346 bits per heavy atom. The normalized spacial score (nSPS) is 11.5. The lowest BCUT2D eigenvalue weighted by Crippen LogP contribution is -2.13. The molecule has 0 unspecified atom stereocenters. The molecule has 1 heterocycles. The van der Waals surface area contributed by atoms with Gasteiger partial charge in [-0.3, -0.25) is 0 Å². The number of hydrogen-bond donors (Lipinski definition) is 0. The van der Waals surface area contributed by atoms with Crippen molar-refractivity contribution in [2.75, 3.05) is 4.90 Å². The number of hydrogen-bond acceptors (Lipinski definition) is 1. The van der Waals surface area contributed by atoms with Gasteiger partial charge in [-0.15, -0.1) is 0 Å². The van der Waals surface area contributed by atoms with Crippen molar-refractivity contribution in [2.24, 2.45) is 0 Å². The maximum absolute atomic E-state index is 2.47. The summed E-state index contributed by atoms with van der Waals surface area (Å²) in [7, 11) is 0. The molecule has 0 atom stereocenters. The Labute approximate surface area is 303 Å². The Morgan fingerprint density at radius 2 is 0.962 bits per heavy atom. The lowest BCUT2D eigenvalue weighted by Gasteiger charge is -2.29. The van der Waals surface area contributed by atoms with Crippen LogP contribution in [0, 0.1) is 0 Å². The molecule has 2 heteroatoms. The van der Waals surface area contributed by atoms with Crippen LogP contribution in [0.3, 0.4) is 0 Å². The number of benzene rings is 9. The third-order valence-electron chi connectivity index (χ3n) is 10.4. The van der Waals surface area contributed by atoms with Gasteiger partial charge >= 0.3 is 0 Å². The minimum absolute atomic E-state index is 1.10. The maximum Gasteiger partial charge on any atom is 0.0702 e. The van der Waals surface area contributed by atoms with Gasteiger partial charge in [0, 0.05) is 22.1 Å². The van der Waals surface area contributed by atoms with Crippen molar-refractivity contribution in [3.05, 3.63) is 206 Å². The smallest absolute Gasteiger partial charge is 0.0702 e. The second kappa shape index (κ2) is 12.5. The van der Waals surface area contributed by atoms with Crippen molar-refractivity contribution < 1.29 is 0 Å². The van der Waals surface area contributed by atoms with Gasteiger partial charge < -0.3 is 9.47 Å². The molecule has 0 aliphatic heterocycles. The van der Waals surface area contributed by atoms with Gasteiger partial charge in [-0.25, -0.2) is 0 Å². The van der Waals surface area contributed by atoms with Gasteiger partial charge in [-0.2, -0.15) is 0 Å². The zero-order valence-corrected chi connectivity index (χ0v) is 28.5. The van der Waals surface area contributed by atoms with Crippen molar-refractivity contribution in [2.45, 2.75) is 0 Å². The summed E-state index contributed by atoms with van der Waals surface area (Å²) in [5.74, 6) is 0. The molecule has 0 saturated heterocycles. The van der Waals surface area contributed by atoms with Gasteiger partial charge in [0.05, 0.1) is 22.4 Å². The minimum atomic E-state index is 1.10.